The van der Waals surface area contributed by atoms with Crippen LogP contribution in [0.5, 0.6) is 0 Å². The number of nitrogens with one attached hydrogen (secondary N) is 1. The molecule has 0 bridgehead atoms. The number of benzene rings is 2. The quantitative estimate of drug-likeness (QED) is 0.604. The van der Waals surface area contributed by atoms with E-state index in [0.717, 1.165) is 11.3 Å². The van der Waals surface area contributed by atoms with Gasteiger partial charge in [0.1, 0.15) is 10.3 Å². The van der Waals surface area contributed by atoms with Crippen molar-refractivity contribution in [1.82, 2.24) is 4.57 Å². The van der Waals surface area contributed by atoms with Crippen molar-refractivity contribution in [1.29, 1.82) is 0 Å². The number of amides is 1. The van der Waals surface area contributed by atoms with Gasteiger partial charge in [0.05, 0.1) is 29.5 Å². The normalized spacial score (nSPS) is 18.4. The highest BCUT2D eigenvalue weighted by Crippen LogP contribution is 2.32. The molecule has 1 aromatic heterocycles. The summed E-state index contributed by atoms with van der Waals surface area (Å²) in [6, 6.07) is 11.9. The molecule has 3 aromatic rings. The van der Waals surface area contributed by atoms with E-state index in [2.05, 4.69) is 10.3 Å². The number of carbonyl (C=O) groups is 2. The summed E-state index contributed by atoms with van der Waals surface area (Å²) in [5.74, 6) is -1.51. The molecular weight excluding hydrogens is 445 g/mol. The number of allylic oxidation sites excluding steroid dienone is 1. The number of thiazole rings is 1. The molecule has 0 fully saturated rings. The number of rotatable bonds is 3. The Morgan fingerprint density at radius 3 is 2.76 bits per heavy atom. The van der Waals surface area contributed by atoms with Crippen molar-refractivity contribution in [2.24, 2.45) is 4.99 Å². The predicted octanol–water partition coefficient (Wildman–Crippen LogP) is 2.26. The number of halogens is 1. The topological polar surface area (TPSA) is 89.8 Å². The number of ether oxygens (including phenoxy) is 1. The highest BCUT2D eigenvalue weighted by Gasteiger charge is 2.35. The SMILES string of the molecule is CCOC(=O)C1=C(C)N=c2s/c(=C3\C(=O)Nc4ccccc43)c(=O)n2C1c1cccc(F)c1. The van der Waals surface area contributed by atoms with Gasteiger partial charge in [0.25, 0.3) is 11.5 Å². The summed E-state index contributed by atoms with van der Waals surface area (Å²) >= 11 is 1.07. The van der Waals surface area contributed by atoms with E-state index in [9.17, 15) is 18.8 Å². The van der Waals surface area contributed by atoms with Crippen LogP contribution >= 0.6 is 11.3 Å². The van der Waals surface area contributed by atoms with E-state index in [0.29, 0.717) is 27.3 Å². The smallest absolute Gasteiger partial charge is 0.338 e. The van der Waals surface area contributed by atoms with E-state index in [1.165, 1.54) is 22.8 Å². The first-order chi connectivity index (χ1) is 15.9. The van der Waals surface area contributed by atoms with Gasteiger partial charge < -0.3 is 10.1 Å². The molecular formula is C24H18FN3O4S. The second kappa shape index (κ2) is 7.93. The zero-order chi connectivity index (χ0) is 23.3. The molecule has 1 amide bonds. The summed E-state index contributed by atoms with van der Waals surface area (Å²) in [5.41, 5.74) is 1.95. The predicted molar refractivity (Wildman–Crippen MR) is 121 cm³/mol. The minimum absolute atomic E-state index is 0.136. The van der Waals surface area contributed by atoms with Crippen molar-refractivity contribution in [3.63, 3.8) is 0 Å². The van der Waals surface area contributed by atoms with Crippen LogP contribution in [-0.4, -0.2) is 23.1 Å². The maximum atomic E-state index is 14.1. The molecule has 0 saturated carbocycles. The zero-order valence-corrected chi connectivity index (χ0v) is 18.5. The summed E-state index contributed by atoms with van der Waals surface area (Å²) in [6.45, 7) is 3.46. The van der Waals surface area contributed by atoms with Crippen molar-refractivity contribution in [3.8, 4) is 0 Å². The monoisotopic (exact) mass is 463 g/mol. The summed E-state index contributed by atoms with van der Waals surface area (Å²) in [6.07, 6.45) is 0. The van der Waals surface area contributed by atoms with Gasteiger partial charge >= 0.3 is 5.97 Å². The summed E-state index contributed by atoms with van der Waals surface area (Å²) < 4.78 is 20.9. The molecule has 7 nitrogen and oxygen atoms in total. The molecule has 0 saturated heterocycles. The third-order valence-electron chi connectivity index (χ3n) is 5.56. The van der Waals surface area contributed by atoms with Crippen molar-refractivity contribution in [2.75, 3.05) is 11.9 Å². The van der Waals surface area contributed by atoms with Crippen LogP contribution in [0.3, 0.4) is 0 Å². The number of anilines is 1. The number of hydrogen-bond acceptors (Lipinski definition) is 6. The summed E-state index contributed by atoms with van der Waals surface area (Å²) in [4.78, 5) is 44.1. The number of nitrogens with zero attached hydrogens (tertiary/aromatic N) is 2. The lowest BCUT2D eigenvalue weighted by Crippen LogP contribution is -2.40. The highest BCUT2D eigenvalue weighted by molar-refractivity contribution is 7.07. The van der Waals surface area contributed by atoms with E-state index < -0.39 is 23.4 Å². The Kier molecular flexibility index (Phi) is 5.05. The lowest BCUT2D eigenvalue weighted by Gasteiger charge is -2.24. The molecule has 0 aliphatic carbocycles. The molecule has 9 heteroatoms. The van der Waals surface area contributed by atoms with Crippen LogP contribution in [-0.2, 0) is 14.3 Å². The van der Waals surface area contributed by atoms with Gasteiger partial charge in [0.15, 0.2) is 4.80 Å². The second-order valence-electron chi connectivity index (χ2n) is 7.55. The van der Waals surface area contributed by atoms with Crippen LogP contribution < -0.4 is 20.2 Å². The Hall–Kier alpha value is -3.85. The van der Waals surface area contributed by atoms with E-state index in [1.807, 2.05) is 0 Å². The molecule has 0 radical (unpaired) electrons. The van der Waals surface area contributed by atoms with E-state index in [-0.39, 0.29) is 28.2 Å². The molecule has 1 atom stereocenters. The largest absolute Gasteiger partial charge is 0.463 e. The number of fused-ring (bicyclic) bond motifs is 2. The molecule has 0 spiro atoms. The highest BCUT2D eigenvalue weighted by atomic mass is 32.1. The fraction of sp³-hybridized carbons (Fsp3) is 0.167. The maximum Gasteiger partial charge on any atom is 0.338 e. The molecule has 3 heterocycles. The lowest BCUT2D eigenvalue weighted by molar-refractivity contribution is -0.139. The second-order valence-corrected chi connectivity index (χ2v) is 8.53. The first-order valence-electron chi connectivity index (χ1n) is 10.3. The van der Waals surface area contributed by atoms with Crippen molar-refractivity contribution >= 4 is 34.5 Å². The standard InChI is InChI=1S/C24H18FN3O4S/c1-3-32-23(31)17-12(2)26-24-28(19(17)13-7-6-8-14(25)11-13)22(30)20(33-24)18-15-9-4-5-10-16(15)27-21(18)29/h4-11,19H,3H2,1-2H3,(H,27,29)/b20-18-. The van der Waals surface area contributed by atoms with Crippen LogP contribution in [0, 0.1) is 5.82 Å². The number of hydrogen-bond donors (Lipinski definition) is 1. The maximum absolute atomic E-state index is 14.1. The number of aromatic nitrogens is 1. The molecule has 2 aromatic carbocycles. The number of para-hydroxylation sites is 1. The van der Waals surface area contributed by atoms with E-state index in [4.69, 9.17) is 4.74 Å². The molecule has 1 unspecified atom stereocenters. The summed E-state index contributed by atoms with van der Waals surface area (Å²) in [5, 5.41) is 2.77. The summed E-state index contributed by atoms with van der Waals surface area (Å²) in [7, 11) is 0. The van der Waals surface area contributed by atoms with Crippen LogP contribution in [0.4, 0.5) is 10.1 Å². The van der Waals surface area contributed by atoms with E-state index >= 15 is 0 Å². The first kappa shape index (κ1) is 21.0. The molecule has 2 aliphatic heterocycles. The van der Waals surface area contributed by atoms with Crippen LogP contribution in [0.25, 0.3) is 5.57 Å². The minimum atomic E-state index is -0.940. The molecule has 5 rings (SSSR count). The van der Waals surface area contributed by atoms with Crippen LogP contribution in [0.1, 0.15) is 31.0 Å². The zero-order valence-electron chi connectivity index (χ0n) is 17.7. The average Bonchev–Trinajstić information content (AvgIpc) is 3.28. The van der Waals surface area contributed by atoms with Crippen molar-refractivity contribution in [3.05, 3.63) is 96.4 Å². The van der Waals surface area contributed by atoms with Crippen molar-refractivity contribution in [2.45, 2.75) is 19.9 Å². The number of carbonyl (C=O) groups excluding carboxylic acids is 2. The minimum Gasteiger partial charge on any atom is -0.463 e. The van der Waals surface area contributed by atoms with Gasteiger partial charge in [0.2, 0.25) is 0 Å². The van der Waals surface area contributed by atoms with Crippen LogP contribution in [0.2, 0.25) is 0 Å². The Morgan fingerprint density at radius 2 is 2.00 bits per heavy atom. The van der Waals surface area contributed by atoms with Gasteiger partial charge in [-0.05, 0) is 37.6 Å². The third kappa shape index (κ3) is 3.32. The Morgan fingerprint density at radius 1 is 1.21 bits per heavy atom. The average molecular weight is 463 g/mol. The van der Waals surface area contributed by atoms with Crippen molar-refractivity contribution < 1.29 is 18.7 Å². The fourth-order valence-corrected chi connectivity index (χ4v) is 5.32. The Labute approximate surface area is 191 Å². The van der Waals surface area contributed by atoms with Gasteiger partial charge in [-0.25, -0.2) is 14.2 Å². The molecule has 33 heavy (non-hydrogen) atoms. The molecule has 2 aliphatic rings. The number of esters is 1. The van der Waals surface area contributed by atoms with E-state index in [1.54, 1.807) is 44.2 Å². The van der Waals surface area contributed by atoms with Gasteiger partial charge in [-0.15, -0.1) is 0 Å². The molecule has 1 N–H and O–H groups in total. The van der Waals surface area contributed by atoms with Gasteiger partial charge in [-0.2, -0.15) is 0 Å². The van der Waals surface area contributed by atoms with Gasteiger partial charge in [0, 0.05) is 11.3 Å². The molecule has 166 valence electrons. The first-order valence-corrected chi connectivity index (χ1v) is 11.1. The van der Waals surface area contributed by atoms with Gasteiger partial charge in [-0.3, -0.25) is 14.2 Å². The van der Waals surface area contributed by atoms with Gasteiger partial charge in [-0.1, -0.05) is 41.7 Å². The Bertz CT molecular complexity index is 1550. The van der Waals surface area contributed by atoms with Crippen LogP contribution in [0.15, 0.2) is 69.6 Å². The lowest BCUT2D eigenvalue weighted by atomic mass is 9.96. The third-order valence-corrected chi connectivity index (χ3v) is 6.61. The fourth-order valence-electron chi connectivity index (χ4n) is 4.18. The Balaban J connectivity index is 1.83.